The molecule has 5 heteroatoms. The van der Waals surface area contributed by atoms with Gasteiger partial charge in [-0.3, -0.25) is 0 Å². The Morgan fingerprint density at radius 2 is 1.29 bits per heavy atom. The first-order valence-electron chi connectivity index (χ1n) is 9.10. The van der Waals surface area contributed by atoms with Crippen LogP contribution in [0.2, 0.25) is 0 Å². The Kier molecular flexibility index (Phi) is 5.20. The molecule has 0 bridgehead atoms. The highest BCUT2D eigenvalue weighted by Crippen LogP contribution is 2.31. The van der Waals surface area contributed by atoms with Crippen LogP contribution in [0.25, 0.3) is 22.3 Å². The molecule has 3 aromatic carbocycles. The Balaban J connectivity index is 1.56. The van der Waals surface area contributed by atoms with Crippen molar-refractivity contribution in [3.63, 3.8) is 0 Å². The van der Waals surface area contributed by atoms with Crippen molar-refractivity contribution in [2.75, 3.05) is 13.2 Å². The summed E-state index contributed by atoms with van der Waals surface area (Å²) in [5.41, 5.74) is 2.95. The van der Waals surface area contributed by atoms with Gasteiger partial charge >= 0.3 is 0 Å². The maximum absolute atomic E-state index is 14.6. The first-order chi connectivity index (χ1) is 13.5. The van der Waals surface area contributed by atoms with E-state index in [0.29, 0.717) is 30.3 Å². The van der Waals surface area contributed by atoms with E-state index in [0.717, 1.165) is 23.3 Å². The van der Waals surface area contributed by atoms with Crippen molar-refractivity contribution >= 4 is 0 Å². The molecule has 1 aliphatic rings. The van der Waals surface area contributed by atoms with Crippen molar-refractivity contribution in [1.29, 1.82) is 0 Å². The Labute approximate surface area is 161 Å². The standard InChI is InChI=1S/C23H19F3O2/c1-14-12-27-23(28-13-14)16-4-2-15(3-5-16)17-6-8-19(21(25)10-17)18-7-9-20(24)22(26)11-18/h2-11,14,23H,12-13H2,1H3. The van der Waals surface area contributed by atoms with Gasteiger partial charge in [0.2, 0.25) is 0 Å². The van der Waals surface area contributed by atoms with Gasteiger partial charge in [0, 0.05) is 17.0 Å². The van der Waals surface area contributed by atoms with Crippen molar-refractivity contribution < 1.29 is 22.6 Å². The summed E-state index contributed by atoms with van der Waals surface area (Å²) >= 11 is 0. The third-order valence-electron chi connectivity index (χ3n) is 4.78. The zero-order valence-electron chi connectivity index (χ0n) is 15.3. The van der Waals surface area contributed by atoms with Gasteiger partial charge in [0.1, 0.15) is 5.82 Å². The van der Waals surface area contributed by atoms with Crippen LogP contribution in [0.5, 0.6) is 0 Å². The molecule has 0 N–H and O–H groups in total. The van der Waals surface area contributed by atoms with Crippen molar-refractivity contribution in [3.8, 4) is 22.3 Å². The van der Waals surface area contributed by atoms with Gasteiger partial charge in [-0.15, -0.1) is 0 Å². The Morgan fingerprint density at radius 1 is 0.679 bits per heavy atom. The van der Waals surface area contributed by atoms with E-state index in [1.165, 1.54) is 12.1 Å². The lowest BCUT2D eigenvalue weighted by atomic mass is 9.98. The summed E-state index contributed by atoms with van der Waals surface area (Å²) in [7, 11) is 0. The molecule has 0 aromatic heterocycles. The number of hydrogen-bond donors (Lipinski definition) is 0. The smallest absolute Gasteiger partial charge is 0.183 e. The summed E-state index contributed by atoms with van der Waals surface area (Å²) in [4.78, 5) is 0. The van der Waals surface area contributed by atoms with Gasteiger partial charge in [-0.2, -0.15) is 0 Å². The van der Waals surface area contributed by atoms with Crippen LogP contribution in [0, 0.1) is 23.4 Å². The Hall–Kier alpha value is -2.63. The molecule has 0 saturated carbocycles. The first kappa shape index (κ1) is 18.7. The highest BCUT2D eigenvalue weighted by molar-refractivity contribution is 5.71. The average molecular weight is 384 g/mol. The van der Waals surface area contributed by atoms with E-state index in [1.54, 1.807) is 12.1 Å². The fourth-order valence-electron chi connectivity index (χ4n) is 3.22. The number of ether oxygens (including phenoxy) is 2. The summed E-state index contributed by atoms with van der Waals surface area (Å²) < 4.78 is 52.5. The SMILES string of the molecule is CC1COC(c2ccc(-c3ccc(-c4ccc(F)c(F)c4)c(F)c3)cc2)OC1. The normalized spacial score (nSPS) is 19.6. The fraction of sp³-hybridized carbons (Fsp3) is 0.217. The van der Waals surface area contributed by atoms with Crippen LogP contribution in [0.3, 0.4) is 0 Å². The van der Waals surface area contributed by atoms with Gasteiger partial charge < -0.3 is 9.47 Å². The first-order valence-corrected chi connectivity index (χ1v) is 9.10. The van der Waals surface area contributed by atoms with Gasteiger partial charge in [0.15, 0.2) is 17.9 Å². The number of halogens is 3. The molecule has 0 radical (unpaired) electrons. The van der Waals surface area contributed by atoms with Crippen LogP contribution < -0.4 is 0 Å². The van der Waals surface area contributed by atoms with E-state index in [2.05, 4.69) is 6.92 Å². The van der Waals surface area contributed by atoms with Crippen LogP contribution in [0.1, 0.15) is 18.8 Å². The molecular formula is C23H19F3O2. The van der Waals surface area contributed by atoms with E-state index < -0.39 is 17.5 Å². The Bertz CT molecular complexity index is 978. The minimum Gasteiger partial charge on any atom is -0.348 e. The monoisotopic (exact) mass is 384 g/mol. The fourth-order valence-corrected chi connectivity index (χ4v) is 3.22. The van der Waals surface area contributed by atoms with Gasteiger partial charge in [-0.1, -0.05) is 49.4 Å². The maximum atomic E-state index is 14.6. The predicted molar refractivity (Wildman–Crippen MR) is 101 cm³/mol. The summed E-state index contributed by atoms with van der Waals surface area (Å²) in [6.45, 7) is 3.38. The summed E-state index contributed by atoms with van der Waals surface area (Å²) in [5.74, 6) is -2.08. The van der Waals surface area contributed by atoms with E-state index in [-0.39, 0.29) is 11.9 Å². The molecule has 144 valence electrons. The number of rotatable bonds is 3. The van der Waals surface area contributed by atoms with Crippen LogP contribution >= 0.6 is 0 Å². The molecule has 0 spiro atoms. The number of benzene rings is 3. The largest absolute Gasteiger partial charge is 0.348 e. The molecule has 2 nitrogen and oxygen atoms in total. The second-order valence-corrected chi connectivity index (χ2v) is 7.05. The van der Waals surface area contributed by atoms with E-state index in [1.807, 2.05) is 24.3 Å². The van der Waals surface area contributed by atoms with Crippen molar-refractivity contribution in [3.05, 3.63) is 83.7 Å². The summed E-state index contributed by atoms with van der Waals surface area (Å²) in [6, 6.07) is 15.6. The molecule has 4 rings (SSSR count). The minimum atomic E-state index is -1.00. The molecule has 3 aromatic rings. The zero-order valence-corrected chi connectivity index (χ0v) is 15.3. The number of hydrogen-bond acceptors (Lipinski definition) is 2. The quantitative estimate of drug-likeness (QED) is 0.542. The summed E-state index contributed by atoms with van der Waals surface area (Å²) in [5, 5.41) is 0. The van der Waals surface area contributed by atoms with Crippen LogP contribution in [-0.4, -0.2) is 13.2 Å². The van der Waals surface area contributed by atoms with Crippen LogP contribution in [0.15, 0.2) is 60.7 Å². The lowest BCUT2D eigenvalue weighted by Crippen LogP contribution is -2.24. The lowest BCUT2D eigenvalue weighted by molar-refractivity contribution is -0.202. The molecule has 1 fully saturated rings. The second kappa shape index (κ2) is 7.78. The molecule has 0 aliphatic carbocycles. The third-order valence-corrected chi connectivity index (χ3v) is 4.78. The average Bonchev–Trinajstić information content (AvgIpc) is 2.71. The molecular weight excluding hydrogens is 365 g/mol. The van der Waals surface area contributed by atoms with Gasteiger partial charge in [-0.05, 0) is 34.9 Å². The van der Waals surface area contributed by atoms with Gasteiger partial charge in [0.05, 0.1) is 13.2 Å². The highest BCUT2D eigenvalue weighted by atomic mass is 19.2. The molecule has 0 unspecified atom stereocenters. The second-order valence-electron chi connectivity index (χ2n) is 7.05. The summed E-state index contributed by atoms with van der Waals surface area (Å²) in [6.07, 6.45) is -0.377. The van der Waals surface area contributed by atoms with Gasteiger partial charge in [-0.25, -0.2) is 13.2 Å². The molecule has 1 saturated heterocycles. The zero-order chi connectivity index (χ0) is 19.7. The van der Waals surface area contributed by atoms with Crippen LogP contribution in [0.4, 0.5) is 13.2 Å². The molecule has 28 heavy (non-hydrogen) atoms. The minimum absolute atomic E-state index is 0.220. The van der Waals surface area contributed by atoms with E-state index >= 15 is 0 Å². The molecule has 0 atom stereocenters. The topological polar surface area (TPSA) is 18.5 Å². The van der Waals surface area contributed by atoms with Gasteiger partial charge in [0.25, 0.3) is 0 Å². The maximum Gasteiger partial charge on any atom is 0.183 e. The van der Waals surface area contributed by atoms with Crippen molar-refractivity contribution in [2.24, 2.45) is 5.92 Å². The Morgan fingerprint density at radius 3 is 1.93 bits per heavy atom. The molecule has 0 amide bonds. The highest BCUT2D eigenvalue weighted by Gasteiger charge is 2.20. The third kappa shape index (κ3) is 3.81. The van der Waals surface area contributed by atoms with Crippen LogP contribution in [-0.2, 0) is 9.47 Å². The van der Waals surface area contributed by atoms with Crippen molar-refractivity contribution in [2.45, 2.75) is 13.2 Å². The van der Waals surface area contributed by atoms with E-state index in [9.17, 15) is 13.2 Å². The van der Waals surface area contributed by atoms with E-state index in [4.69, 9.17) is 9.47 Å². The predicted octanol–water partition coefficient (Wildman–Crippen LogP) is 6.12. The lowest BCUT2D eigenvalue weighted by Gasteiger charge is -2.27. The molecule has 1 aliphatic heterocycles. The van der Waals surface area contributed by atoms with Crippen molar-refractivity contribution in [1.82, 2.24) is 0 Å². The molecule has 1 heterocycles.